The molecule has 0 spiro atoms. The van der Waals surface area contributed by atoms with Crippen LogP contribution in [0, 0.1) is 0 Å². The fourth-order valence-corrected chi connectivity index (χ4v) is 10.6. The summed E-state index contributed by atoms with van der Waals surface area (Å²) in [5, 5.41) is 0. The molecule has 0 radical (unpaired) electrons. The zero-order chi connectivity index (χ0) is 58.5. The highest BCUT2D eigenvalue weighted by Crippen LogP contribution is 2.18. The van der Waals surface area contributed by atoms with E-state index in [4.69, 9.17) is 14.2 Å². The van der Waals surface area contributed by atoms with Crippen LogP contribution in [0.15, 0.2) is 60.8 Å². The van der Waals surface area contributed by atoms with Crippen LogP contribution in [0.4, 0.5) is 0 Å². The molecule has 0 aliphatic carbocycles. The molecule has 0 saturated heterocycles. The van der Waals surface area contributed by atoms with Crippen molar-refractivity contribution in [1.29, 1.82) is 0 Å². The van der Waals surface area contributed by atoms with E-state index in [2.05, 4.69) is 81.5 Å². The van der Waals surface area contributed by atoms with E-state index in [9.17, 15) is 14.4 Å². The molecule has 6 nitrogen and oxygen atoms in total. The van der Waals surface area contributed by atoms with E-state index >= 15 is 0 Å². The van der Waals surface area contributed by atoms with E-state index in [0.29, 0.717) is 19.3 Å². The van der Waals surface area contributed by atoms with Crippen LogP contribution >= 0.6 is 0 Å². The smallest absolute Gasteiger partial charge is 0.306 e. The van der Waals surface area contributed by atoms with Crippen LogP contribution < -0.4 is 0 Å². The van der Waals surface area contributed by atoms with Crippen LogP contribution in [0.1, 0.15) is 380 Å². The van der Waals surface area contributed by atoms with Crippen LogP contribution in [-0.2, 0) is 28.6 Å². The molecule has 6 heteroatoms. The Morgan fingerprint density at radius 2 is 0.481 bits per heavy atom. The Morgan fingerprint density at radius 1 is 0.259 bits per heavy atom. The standard InChI is InChI=1S/C75H136O6/c1-4-7-10-13-16-19-22-25-28-30-32-33-34-35-36-37-38-39-40-41-43-44-47-50-53-56-59-62-65-68-74(77)80-71-72(70-79-73(76)67-64-61-58-55-52-49-46-27-24-21-18-15-12-9-6-3)81-75(78)69-66-63-60-57-54-51-48-45-42-31-29-26-23-20-17-14-11-8-5-2/h9,12,18,21,26-27,29-30,32,46,72H,4-8,10-11,13-17,19-20,22-25,28,31,33-45,47-71H2,1-3H3/b12-9-,21-18-,29-26-,32-30-,46-27-. The van der Waals surface area contributed by atoms with Gasteiger partial charge in [0.05, 0.1) is 0 Å². The van der Waals surface area contributed by atoms with Crippen molar-refractivity contribution in [3.8, 4) is 0 Å². The lowest BCUT2D eigenvalue weighted by Crippen LogP contribution is -2.30. The average Bonchev–Trinajstić information content (AvgIpc) is 3.47. The van der Waals surface area contributed by atoms with Crippen LogP contribution in [0.2, 0.25) is 0 Å². The Balaban J connectivity index is 4.23. The van der Waals surface area contributed by atoms with Crippen molar-refractivity contribution in [2.75, 3.05) is 13.2 Å². The maximum Gasteiger partial charge on any atom is 0.306 e. The quantitative estimate of drug-likeness (QED) is 0.0261. The highest BCUT2D eigenvalue weighted by atomic mass is 16.6. The number of carbonyl (C=O) groups is 3. The van der Waals surface area contributed by atoms with Gasteiger partial charge in [0.1, 0.15) is 13.2 Å². The molecular weight excluding hydrogens is 997 g/mol. The Hall–Kier alpha value is -2.89. The van der Waals surface area contributed by atoms with E-state index in [1.807, 2.05) is 0 Å². The minimum absolute atomic E-state index is 0.0773. The van der Waals surface area contributed by atoms with Gasteiger partial charge in [0.25, 0.3) is 0 Å². The molecule has 472 valence electrons. The number of unbranched alkanes of at least 4 members (excludes halogenated alkanes) is 45. The van der Waals surface area contributed by atoms with Gasteiger partial charge in [-0.2, -0.15) is 0 Å². The van der Waals surface area contributed by atoms with Gasteiger partial charge in [-0.3, -0.25) is 14.4 Å². The molecule has 0 bridgehead atoms. The minimum Gasteiger partial charge on any atom is -0.462 e. The summed E-state index contributed by atoms with van der Waals surface area (Å²) in [7, 11) is 0. The summed E-state index contributed by atoms with van der Waals surface area (Å²) >= 11 is 0. The summed E-state index contributed by atoms with van der Waals surface area (Å²) in [6, 6.07) is 0. The van der Waals surface area contributed by atoms with Gasteiger partial charge in [0.2, 0.25) is 0 Å². The van der Waals surface area contributed by atoms with Crippen LogP contribution in [0.25, 0.3) is 0 Å². The summed E-state index contributed by atoms with van der Waals surface area (Å²) < 4.78 is 17.0. The third-order valence-electron chi connectivity index (χ3n) is 16.0. The van der Waals surface area contributed by atoms with Gasteiger partial charge < -0.3 is 14.2 Å². The zero-order valence-corrected chi connectivity index (χ0v) is 54.3. The zero-order valence-electron chi connectivity index (χ0n) is 54.3. The van der Waals surface area contributed by atoms with Gasteiger partial charge in [-0.25, -0.2) is 0 Å². The maximum atomic E-state index is 12.9. The van der Waals surface area contributed by atoms with Gasteiger partial charge >= 0.3 is 17.9 Å². The van der Waals surface area contributed by atoms with Gasteiger partial charge in [-0.05, 0) is 103 Å². The normalized spacial score (nSPS) is 12.4. The number of ether oxygens (including phenoxy) is 3. The second kappa shape index (κ2) is 69.6. The third-order valence-corrected chi connectivity index (χ3v) is 16.0. The summed E-state index contributed by atoms with van der Waals surface area (Å²) in [4.78, 5) is 38.4. The molecule has 0 aliphatic rings. The molecule has 0 aromatic carbocycles. The molecule has 0 fully saturated rings. The first kappa shape index (κ1) is 78.1. The number of hydrogen-bond donors (Lipinski definition) is 0. The van der Waals surface area contributed by atoms with E-state index in [0.717, 1.165) is 96.3 Å². The first-order valence-corrected chi connectivity index (χ1v) is 35.8. The van der Waals surface area contributed by atoms with Gasteiger partial charge in [0.15, 0.2) is 6.10 Å². The van der Waals surface area contributed by atoms with Gasteiger partial charge in [-0.1, -0.05) is 319 Å². The van der Waals surface area contributed by atoms with Crippen molar-refractivity contribution in [2.45, 2.75) is 386 Å². The molecule has 0 saturated carbocycles. The second-order valence-electron chi connectivity index (χ2n) is 24.1. The molecule has 1 unspecified atom stereocenters. The van der Waals surface area contributed by atoms with Crippen molar-refractivity contribution in [2.24, 2.45) is 0 Å². The fraction of sp³-hybridized carbons (Fsp3) is 0.827. The second-order valence-corrected chi connectivity index (χ2v) is 24.1. The molecule has 0 rings (SSSR count). The lowest BCUT2D eigenvalue weighted by molar-refractivity contribution is -0.167. The van der Waals surface area contributed by atoms with Crippen molar-refractivity contribution in [1.82, 2.24) is 0 Å². The molecular formula is C75H136O6. The number of esters is 3. The van der Waals surface area contributed by atoms with Crippen molar-refractivity contribution in [3.05, 3.63) is 60.8 Å². The van der Waals surface area contributed by atoms with Gasteiger partial charge in [-0.15, -0.1) is 0 Å². The summed E-state index contributed by atoms with van der Waals surface area (Å²) in [5.74, 6) is -0.874. The van der Waals surface area contributed by atoms with Crippen LogP contribution in [0.5, 0.6) is 0 Å². The predicted molar refractivity (Wildman–Crippen MR) is 353 cm³/mol. The molecule has 0 amide bonds. The number of allylic oxidation sites excluding steroid dienone is 10. The van der Waals surface area contributed by atoms with Crippen molar-refractivity contribution < 1.29 is 28.6 Å². The Labute approximate surface area is 504 Å². The molecule has 0 aliphatic heterocycles. The van der Waals surface area contributed by atoms with Crippen LogP contribution in [0.3, 0.4) is 0 Å². The highest BCUT2D eigenvalue weighted by Gasteiger charge is 2.19. The van der Waals surface area contributed by atoms with E-state index in [-0.39, 0.29) is 31.1 Å². The van der Waals surface area contributed by atoms with E-state index in [1.165, 1.54) is 244 Å². The first-order valence-electron chi connectivity index (χ1n) is 35.8. The van der Waals surface area contributed by atoms with E-state index in [1.54, 1.807) is 0 Å². The number of carbonyl (C=O) groups excluding carboxylic acids is 3. The van der Waals surface area contributed by atoms with Gasteiger partial charge in [0, 0.05) is 19.3 Å². The first-order chi connectivity index (χ1) is 40.0. The Bertz CT molecular complexity index is 1440. The molecule has 0 aromatic heterocycles. The number of rotatable bonds is 66. The molecule has 0 N–H and O–H groups in total. The summed E-state index contributed by atoms with van der Waals surface area (Å²) in [6.45, 7) is 6.57. The predicted octanol–water partition coefficient (Wildman–Crippen LogP) is 24.7. The average molecular weight is 1130 g/mol. The molecule has 81 heavy (non-hydrogen) atoms. The Morgan fingerprint density at radius 3 is 0.765 bits per heavy atom. The monoisotopic (exact) mass is 1130 g/mol. The topological polar surface area (TPSA) is 78.9 Å². The minimum atomic E-state index is -0.783. The fourth-order valence-electron chi connectivity index (χ4n) is 10.6. The maximum absolute atomic E-state index is 12.9. The largest absolute Gasteiger partial charge is 0.462 e. The molecule has 0 aromatic rings. The number of hydrogen-bond acceptors (Lipinski definition) is 6. The van der Waals surface area contributed by atoms with E-state index < -0.39 is 6.10 Å². The summed E-state index contributed by atoms with van der Waals surface area (Å²) in [5.41, 5.74) is 0. The van der Waals surface area contributed by atoms with Crippen LogP contribution in [-0.4, -0.2) is 37.2 Å². The highest BCUT2D eigenvalue weighted by molar-refractivity contribution is 5.71. The Kier molecular flexibility index (Phi) is 67.1. The van der Waals surface area contributed by atoms with Crippen molar-refractivity contribution >= 4 is 17.9 Å². The molecule has 0 heterocycles. The lowest BCUT2D eigenvalue weighted by atomic mass is 10.0. The summed E-state index contributed by atoms with van der Waals surface area (Å²) in [6.07, 6.45) is 89.7. The van der Waals surface area contributed by atoms with Crippen molar-refractivity contribution in [3.63, 3.8) is 0 Å². The molecule has 1 atom stereocenters. The third kappa shape index (κ3) is 67.8. The lowest BCUT2D eigenvalue weighted by Gasteiger charge is -2.18. The SMILES string of the molecule is CC/C=C\C/C=C\C/C=C\CCCCCCCC(=O)OCC(COC(=O)CCCCCCCCCCCCCCCCCCC/C=C\CCCCCCCCCC)OC(=O)CCCCCCCCCCC/C=C\CCCCCCCC.